The van der Waals surface area contributed by atoms with Crippen molar-refractivity contribution in [2.75, 3.05) is 12.5 Å². The summed E-state index contributed by atoms with van der Waals surface area (Å²) in [6, 6.07) is 9.45. The number of hydrogen-bond acceptors (Lipinski definition) is 4. The van der Waals surface area contributed by atoms with Crippen molar-refractivity contribution in [3.63, 3.8) is 0 Å². The lowest BCUT2D eigenvalue weighted by Crippen LogP contribution is -2.04. The van der Waals surface area contributed by atoms with Gasteiger partial charge in [-0.2, -0.15) is 5.10 Å². The van der Waals surface area contributed by atoms with Crippen molar-refractivity contribution in [3.8, 4) is 5.75 Å². The fourth-order valence-electron chi connectivity index (χ4n) is 1.81. The number of anilines is 1. The van der Waals surface area contributed by atoms with Crippen molar-refractivity contribution >= 4 is 34.7 Å². The molecule has 0 fully saturated rings. The van der Waals surface area contributed by atoms with Crippen molar-refractivity contribution in [2.45, 2.75) is 13.3 Å². The zero-order chi connectivity index (χ0) is 15.2. The van der Waals surface area contributed by atoms with Crippen LogP contribution < -0.4 is 10.2 Å². The second-order valence-corrected chi connectivity index (χ2v) is 5.28. The highest BCUT2D eigenvalue weighted by molar-refractivity contribution is 6.35. The first-order valence-electron chi connectivity index (χ1n) is 6.32. The van der Waals surface area contributed by atoms with Gasteiger partial charge >= 0.3 is 0 Å². The van der Waals surface area contributed by atoms with E-state index in [0.29, 0.717) is 22.3 Å². The third-order valence-electron chi connectivity index (χ3n) is 2.80. The van der Waals surface area contributed by atoms with Gasteiger partial charge in [0.1, 0.15) is 5.75 Å². The normalized spacial score (nSPS) is 11.3. The molecule has 0 aliphatic rings. The summed E-state index contributed by atoms with van der Waals surface area (Å²) >= 11 is 11.8. The average molecular weight is 324 g/mol. The minimum Gasteiger partial charge on any atom is -0.496 e. The Hall–Kier alpha value is -1.78. The Labute approximate surface area is 133 Å². The van der Waals surface area contributed by atoms with Crippen LogP contribution in [0.5, 0.6) is 5.75 Å². The molecule has 6 heteroatoms. The Bertz CT molecular complexity index is 659. The number of nitrogens with zero attached hydrogens (tertiary/aromatic N) is 2. The number of pyridine rings is 1. The molecule has 4 nitrogen and oxygen atoms in total. The first-order valence-corrected chi connectivity index (χ1v) is 7.08. The van der Waals surface area contributed by atoms with Crippen LogP contribution >= 0.6 is 23.2 Å². The van der Waals surface area contributed by atoms with Crippen LogP contribution in [0.15, 0.2) is 41.6 Å². The number of hydrazone groups is 1. The van der Waals surface area contributed by atoms with E-state index in [2.05, 4.69) is 15.5 Å². The first-order chi connectivity index (χ1) is 10.1. The molecule has 1 aromatic carbocycles. The van der Waals surface area contributed by atoms with Gasteiger partial charge in [-0.05, 0) is 24.6 Å². The second kappa shape index (κ2) is 7.29. The van der Waals surface area contributed by atoms with Crippen LogP contribution in [0.1, 0.15) is 12.5 Å². The molecule has 0 bridgehead atoms. The Kier molecular flexibility index (Phi) is 5.42. The molecule has 0 amide bonds. The van der Waals surface area contributed by atoms with Gasteiger partial charge in [-0.15, -0.1) is 0 Å². The number of nitrogens with one attached hydrogen (secondary N) is 1. The number of halogens is 2. The van der Waals surface area contributed by atoms with Gasteiger partial charge in [-0.25, -0.2) is 4.98 Å². The maximum Gasteiger partial charge on any atom is 0.165 e. The summed E-state index contributed by atoms with van der Waals surface area (Å²) in [6.45, 7) is 1.92. The van der Waals surface area contributed by atoms with Crippen molar-refractivity contribution < 1.29 is 4.74 Å². The summed E-state index contributed by atoms with van der Waals surface area (Å²) in [4.78, 5) is 4.08. The smallest absolute Gasteiger partial charge is 0.165 e. The van der Waals surface area contributed by atoms with Gasteiger partial charge < -0.3 is 4.74 Å². The molecule has 2 aromatic rings. The molecule has 1 N–H and O–H groups in total. The SMILES string of the molecule is COc1ccccc1C/C(C)=N\Nc1ncc(Cl)cc1Cl. The summed E-state index contributed by atoms with van der Waals surface area (Å²) in [7, 11) is 1.65. The summed E-state index contributed by atoms with van der Waals surface area (Å²) in [5, 5.41) is 5.19. The zero-order valence-corrected chi connectivity index (χ0v) is 13.2. The van der Waals surface area contributed by atoms with Crippen molar-refractivity contribution in [1.29, 1.82) is 0 Å². The molecule has 0 saturated heterocycles. The maximum absolute atomic E-state index is 6.02. The highest BCUT2D eigenvalue weighted by Crippen LogP contribution is 2.23. The van der Waals surface area contributed by atoms with Crippen LogP contribution in [0.3, 0.4) is 0 Å². The second-order valence-electron chi connectivity index (χ2n) is 4.43. The quantitative estimate of drug-likeness (QED) is 0.654. The molecule has 110 valence electrons. The Morgan fingerprint density at radius 3 is 2.81 bits per heavy atom. The highest BCUT2D eigenvalue weighted by atomic mass is 35.5. The number of aromatic nitrogens is 1. The van der Waals surface area contributed by atoms with Crippen LogP contribution in [0.2, 0.25) is 10.0 Å². The van der Waals surface area contributed by atoms with Crippen molar-refractivity contribution in [3.05, 3.63) is 52.1 Å². The van der Waals surface area contributed by atoms with Crippen LogP contribution in [0, 0.1) is 0 Å². The van der Waals surface area contributed by atoms with E-state index in [1.165, 1.54) is 6.20 Å². The van der Waals surface area contributed by atoms with Crippen LogP contribution in [-0.2, 0) is 6.42 Å². The Morgan fingerprint density at radius 1 is 1.33 bits per heavy atom. The number of methoxy groups -OCH3 is 1. The largest absolute Gasteiger partial charge is 0.496 e. The van der Waals surface area contributed by atoms with Gasteiger partial charge in [0.15, 0.2) is 5.82 Å². The van der Waals surface area contributed by atoms with Crippen molar-refractivity contribution in [2.24, 2.45) is 5.10 Å². The van der Waals surface area contributed by atoms with E-state index in [0.717, 1.165) is 17.0 Å². The fraction of sp³-hybridized carbons (Fsp3) is 0.200. The molecule has 0 radical (unpaired) electrons. The number of benzene rings is 1. The van der Waals surface area contributed by atoms with Gasteiger partial charge in [0.05, 0.1) is 17.2 Å². The van der Waals surface area contributed by atoms with E-state index < -0.39 is 0 Å². The predicted molar refractivity (Wildman–Crippen MR) is 87.7 cm³/mol. The standard InChI is InChI=1S/C15H15Cl2N3O/c1-10(7-11-5-3-4-6-14(11)21-2)19-20-15-13(17)8-12(16)9-18-15/h3-6,8-9H,7H2,1-2H3,(H,18,20)/b19-10-. The van der Waals surface area contributed by atoms with E-state index >= 15 is 0 Å². The molecule has 0 unspecified atom stereocenters. The lowest BCUT2D eigenvalue weighted by atomic mass is 10.1. The van der Waals surface area contributed by atoms with Gasteiger partial charge in [-0.1, -0.05) is 41.4 Å². The first kappa shape index (κ1) is 15.6. The third-order valence-corrected chi connectivity index (χ3v) is 3.29. The van der Waals surface area contributed by atoms with E-state index in [1.807, 2.05) is 31.2 Å². The predicted octanol–water partition coefficient (Wildman–Crippen LogP) is 4.43. The monoisotopic (exact) mass is 323 g/mol. The molecule has 21 heavy (non-hydrogen) atoms. The molecular weight excluding hydrogens is 309 g/mol. The van der Waals surface area contributed by atoms with Crippen LogP contribution in [0.4, 0.5) is 5.82 Å². The molecule has 1 heterocycles. The maximum atomic E-state index is 6.02. The Balaban J connectivity index is 2.07. The highest BCUT2D eigenvalue weighted by Gasteiger charge is 2.05. The molecule has 0 aliphatic heterocycles. The van der Waals surface area contributed by atoms with Gasteiger partial charge in [0, 0.05) is 18.3 Å². The summed E-state index contributed by atoms with van der Waals surface area (Å²) < 4.78 is 5.32. The van der Waals surface area contributed by atoms with Crippen molar-refractivity contribution in [1.82, 2.24) is 4.98 Å². The van der Waals surface area contributed by atoms with E-state index in [1.54, 1.807) is 13.2 Å². The molecule has 0 spiro atoms. The molecule has 2 rings (SSSR count). The lowest BCUT2D eigenvalue weighted by Gasteiger charge is -2.08. The summed E-state index contributed by atoms with van der Waals surface area (Å²) in [5.74, 6) is 1.31. The summed E-state index contributed by atoms with van der Waals surface area (Å²) in [6.07, 6.45) is 2.18. The average Bonchev–Trinajstić information content (AvgIpc) is 2.47. The minimum absolute atomic E-state index is 0.427. The molecular formula is C15H15Cl2N3O. The van der Waals surface area contributed by atoms with Gasteiger partial charge in [0.2, 0.25) is 0 Å². The fourth-order valence-corrected chi connectivity index (χ4v) is 2.23. The third kappa shape index (κ3) is 4.34. The Morgan fingerprint density at radius 2 is 2.10 bits per heavy atom. The topological polar surface area (TPSA) is 46.5 Å². The number of hydrogen-bond donors (Lipinski definition) is 1. The van der Waals surface area contributed by atoms with Crippen LogP contribution in [-0.4, -0.2) is 17.8 Å². The van der Waals surface area contributed by atoms with E-state index in [9.17, 15) is 0 Å². The number of para-hydroxylation sites is 1. The molecule has 0 aliphatic carbocycles. The zero-order valence-electron chi connectivity index (χ0n) is 11.7. The van der Waals surface area contributed by atoms with Gasteiger partial charge in [0.25, 0.3) is 0 Å². The molecule has 0 saturated carbocycles. The summed E-state index contributed by atoms with van der Waals surface area (Å²) in [5.41, 5.74) is 4.79. The minimum atomic E-state index is 0.427. The van der Waals surface area contributed by atoms with Crippen LogP contribution in [0.25, 0.3) is 0 Å². The number of rotatable bonds is 5. The lowest BCUT2D eigenvalue weighted by molar-refractivity contribution is 0.411. The number of ether oxygens (including phenoxy) is 1. The molecule has 1 aromatic heterocycles. The van der Waals surface area contributed by atoms with E-state index in [-0.39, 0.29) is 0 Å². The van der Waals surface area contributed by atoms with E-state index in [4.69, 9.17) is 27.9 Å². The van der Waals surface area contributed by atoms with Gasteiger partial charge in [-0.3, -0.25) is 5.43 Å². The molecule has 0 atom stereocenters.